The van der Waals surface area contributed by atoms with Gasteiger partial charge in [-0.15, -0.1) is 0 Å². The summed E-state index contributed by atoms with van der Waals surface area (Å²) in [5, 5.41) is 0. The highest BCUT2D eigenvalue weighted by atomic mass is 79.9. The Labute approximate surface area is 131 Å². The lowest BCUT2D eigenvalue weighted by atomic mass is 9.98. The molecule has 2 rings (SSSR count). The number of methoxy groups -OCH3 is 2. The van der Waals surface area contributed by atoms with E-state index in [2.05, 4.69) is 21.4 Å². The molecule has 6 heteroatoms. The molecule has 0 saturated carbocycles. The molecule has 0 aliphatic heterocycles. The molecule has 0 aromatic heterocycles. The molecule has 112 valence electrons. The SMILES string of the molecule is COc1ccc(C(NN)c2cccc(OC)c2F)cc1Br. The predicted molar refractivity (Wildman–Crippen MR) is 82.8 cm³/mol. The van der Waals surface area contributed by atoms with E-state index in [0.29, 0.717) is 11.3 Å². The summed E-state index contributed by atoms with van der Waals surface area (Å²) >= 11 is 3.41. The second-order valence-electron chi connectivity index (χ2n) is 4.36. The van der Waals surface area contributed by atoms with Gasteiger partial charge in [-0.2, -0.15) is 0 Å². The van der Waals surface area contributed by atoms with Crippen LogP contribution in [0, 0.1) is 5.82 Å². The maximum atomic E-state index is 14.4. The summed E-state index contributed by atoms with van der Waals surface area (Å²) in [5.41, 5.74) is 3.85. The third kappa shape index (κ3) is 3.18. The van der Waals surface area contributed by atoms with E-state index in [9.17, 15) is 4.39 Å². The highest BCUT2D eigenvalue weighted by molar-refractivity contribution is 9.10. The van der Waals surface area contributed by atoms with Crippen LogP contribution < -0.4 is 20.7 Å². The Bertz CT molecular complexity index is 637. The summed E-state index contributed by atoms with van der Waals surface area (Å²) < 4.78 is 25.3. The second-order valence-corrected chi connectivity index (χ2v) is 5.21. The third-order valence-corrected chi connectivity index (χ3v) is 3.82. The van der Waals surface area contributed by atoms with E-state index in [4.69, 9.17) is 15.3 Å². The molecule has 0 saturated heterocycles. The molecule has 3 N–H and O–H groups in total. The first kappa shape index (κ1) is 15.8. The first-order chi connectivity index (χ1) is 10.1. The molecule has 1 unspecified atom stereocenters. The summed E-state index contributed by atoms with van der Waals surface area (Å²) in [6.07, 6.45) is 0. The minimum absolute atomic E-state index is 0.181. The molecular formula is C15H16BrFN2O2. The normalized spacial score (nSPS) is 12.0. The fourth-order valence-corrected chi connectivity index (χ4v) is 2.69. The summed E-state index contributed by atoms with van der Waals surface area (Å²) in [5.74, 6) is 6.05. The number of benzene rings is 2. The van der Waals surface area contributed by atoms with Crippen molar-refractivity contribution in [2.45, 2.75) is 6.04 Å². The van der Waals surface area contributed by atoms with Crippen LogP contribution in [0.1, 0.15) is 17.2 Å². The van der Waals surface area contributed by atoms with Crippen LogP contribution in [0.4, 0.5) is 4.39 Å². The van der Waals surface area contributed by atoms with Crippen LogP contribution in [0.5, 0.6) is 11.5 Å². The number of ether oxygens (including phenoxy) is 2. The van der Waals surface area contributed by atoms with Crippen molar-refractivity contribution in [3.05, 3.63) is 57.8 Å². The maximum Gasteiger partial charge on any atom is 0.170 e. The van der Waals surface area contributed by atoms with Crippen LogP contribution in [0.2, 0.25) is 0 Å². The van der Waals surface area contributed by atoms with E-state index in [-0.39, 0.29) is 5.75 Å². The van der Waals surface area contributed by atoms with Gasteiger partial charge in [0.1, 0.15) is 5.75 Å². The average molecular weight is 355 g/mol. The average Bonchev–Trinajstić information content (AvgIpc) is 2.50. The van der Waals surface area contributed by atoms with Gasteiger partial charge in [0.25, 0.3) is 0 Å². The van der Waals surface area contributed by atoms with Crippen molar-refractivity contribution in [1.82, 2.24) is 5.43 Å². The van der Waals surface area contributed by atoms with Crippen LogP contribution in [0.25, 0.3) is 0 Å². The summed E-state index contributed by atoms with van der Waals surface area (Å²) in [7, 11) is 3.01. The zero-order valence-electron chi connectivity index (χ0n) is 11.7. The zero-order valence-corrected chi connectivity index (χ0v) is 13.3. The maximum absolute atomic E-state index is 14.4. The summed E-state index contributed by atoms with van der Waals surface area (Å²) in [6.45, 7) is 0. The van der Waals surface area contributed by atoms with Crippen molar-refractivity contribution < 1.29 is 13.9 Å². The number of nitrogens with one attached hydrogen (secondary N) is 1. The Kier molecular flexibility index (Phi) is 5.17. The number of rotatable bonds is 5. The molecule has 0 fully saturated rings. The van der Waals surface area contributed by atoms with E-state index in [1.165, 1.54) is 7.11 Å². The molecule has 0 amide bonds. The third-order valence-electron chi connectivity index (χ3n) is 3.20. The van der Waals surface area contributed by atoms with Crippen molar-refractivity contribution in [3.8, 4) is 11.5 Å². The van der Waals surface area contributed by atoms with Crippen LogP contribution in [0.15, 0.2) is 40.9 Å². The molecule has 0 bridgehead atoms. The molecule has 2 aromatic carbocycles. The fraction of sp³-hybridized carbons (Fsp3) is 0.200. The van der Waals surface area contributed by atoms with Crippen molar-refractivity contribution in [1.29, 1.82) is 0 Å². The Hall–Kier alpha value is -1.63. The van der Waals surface area contributed by atoms with Crippen molar-refractivity contribution >= 4 is 15.9 Å². The summed E-state index contributed by atoms with van der Waals surface area (Å²) in [6, 6.07) is 9.91. The molecule has 0 aliphatic rings. The van der Waals surface area contributed by atoms with Gasteiger partial charge < -0.3 is 9.47 Å². The van der Waals surface area contributed by atoms with E-state index in [0.717, 1.165) is 10.0 Å². The van der Waals surface area contributed by atoms with Crippen LogP contribution in [-0.4, -0.2) is 14.2 Å². The molecular weight excluding hydrogens is 339 g/mol. The number of hydrazine groups is 1. The van der Waals surface area contributed by atoms with Gasteiger partial charge in [0.15, 0.2) is 11.6 Å². The Morgan fingerprint density at radius 1 is 1.14 bits per heavy atom. The van der Waals surface area contributed by atoms with Gasteiger partial charge in [0.2, 0.25) is 0 Å². The monoisotopic (exact) mass is 354 g/mol. The van der Waals surface area contributed by atoms with Crippen molar-refractivity contribution in [3.63, 3.8) is 0 Å². The van der Waals surface area contributed by atoms with Gasteiger partial charge in [-0.1, -0.05) is 18.2 Å². The second kappa shape index (κ2) is 6.89. The topological polar surface area (TPSA) is 56.5 Å². The lowest BCUT2D eigenvalue weighted by Crippen LogP contribution is -2.29. The van der Waals surface area contributed by atoms with Crippen molar-refractivity contribution in [2.24, 2.45) is 5.84 Å². The number of hydrogen-bond acceptors (Lipinski definition) is 4. The van der Waals surface area contributed by atoms with Gasteiger partial charge in [-0.3, -0.25) is 5.84 Å². The first-order valence-corrected chi connectivity index (χ1v) is 7.03. The lowest BCUT2D eigenvalue weighted by Gasteiger charge is -2.19. The number of halogens is 2. The van der Waals surface area contributed by atoms with Gasteiger partial charge in [0.05, 0.1) is 24.7 Å². The van der Waals surface area contributed by atoms with Crippen LogP contribution in [0.3, 0.4) is 0 Å². The molecule has 0 radical (unpaired) electrons. The molecule has 0 aliphatic carbocycles. The standard InChI is InChI=1S/C15H16BrFN2O2/c1-20-12-7-6-9(8-11(12)16)15(19-18)10-4-3-5-13(21-2)14(10)17/h3-8,15,19H,18H2,1-2H3. The van der Waals surface area contributed by atoms with E-state index >= 15 is 0 Å². The minimum atomic E-state index is -0.498. The number of nitrogens with two attached hydrogens (primary N) is 1. The number of hydrogen-bond donors (Lipinski definition) is 2. The first-order valence-electron chi connectivity index (χ1n) is 6.24. The van der Waals surface area contributed by atoms with Gasteiger partial charge >= 0.3 is 0 Å². The molecule has 0 heterocycles. The highest BCUT2D eigenvalue weighted by Gasteiger charge is 2.20. The Morgan fingerprint density at radius 3 is 2.43 bits per heavy atom. The van der Waals surface area contributed by atoms with Crippen LogP contribution in [-0.2, 0) is 0 Å². The smallest absolute Gasteiger partial charge is 0.170 e. The van der Waals surface area contributed by atoms with Gasteiger partial charge in [-0.05, 0) is 39.7 Å². The predicted octanol–water partition coefficient (Wildman–Crippen LogP) is 3.16. The Morgan fingerprint density at radius 2 is 1.86 bits per heavy atom. The molecule has 4 nitrogen and oxygen atoms in total. The highest BCUT2D eigenvalue weighted by Crippen LogP contribution is 2.33. The fourth-order valence-electron chi connectivity index (χ4n) is 2.14. The van der Waals surface area contributed by atoms with Gasteiger partial charge in [-0.25, -0.2) is 9.82 Å². The molecule has 0 spiro atoms. The molecule has 2 aromatic rings. The zero-order chi connectivity index (χ0) is 15.4. The largest absolute Gasteiger partial charge is 0.496 e. The van der Waals surface area contributed by atoms with Crippen molar-refractivity contribution in [2.75, 3.05) is 14.2 Å². The van der Waals surface area contributed by atoms with E-state index < -0.39 is 11.9 Å². The minimum Gasteiger partial charge on any atom is -0.496 e. The van der Waals surface area contributed by atoms with Crippen LogP contribution >= 0.6 is 15.9 Å². The molecule has 1 atom stereocenters. The Balaban J connectivity index is 2.47. The lowest BCUT2D eigenvalue weighted by molar-refractivity contribution is 0.381. The summed E-state index contributed by atoms with van der Waals surface area (Å²) in [4.78, 5) is 0. The molecule has 21 heavy (non-hydrogen) atoms. The van der Waals surface area contributed by atoms with E-state index in [1.807, 2.05) is 12.1 Å². The van der Waals surface area contributed by atoms with E-state index in [1.54, 1.807) is 31.4 Å². The quantitative estimate of drug-likeness (QED) is 0.639. The van der Waals surface area contributed by atoms with Gasteiger partial charge in [0, 0.05) is 5.56 Å².